The quantitative estimate of drug-likeness (QED) is 0.829. The van der Waals surface area contributed by atoms with E-state index in [9.17, 15) is 8.42 Å². The Morgan fingerprint density at radius 3 is 2.20 bits per heavy atom. The standard InChI is InChI=1S/C17H18Cl2N2O3S/c18-16-2-1-3-17(19)15(16)12-25(22,23)20-13-4-6-14(7-5-13)21-8-10-24-11-9-21/h1-7,20H,8-12H2. The number of hydrogen-bond acceptors (Lipinski definition) is 4. The van der Waals surface area contributed by atoms with Crippen molar-refractivity contribution >= 4 is 44.6 Å². The van der Waals surface area contributed by atoms with Gasteiger partial charge < -0.3 is 9.64 Å². The van der Waals surface area contributed by atoms with Crippen molar-refractivity contribution in [2.75, 3.05) is 35.9 Å². The lowest BCUT2D eigenvalue weighted by Crippen LogP contribution is -2.36. The van der Waals surface area contributed by atoms with Gasteiger partial charge >= 0.3 is 0 Å². The molecule has 0 saturated carbocycles. The summed E-state index contributed by atoms with van der Waals surface area (Å²) >= 11 is 12.1. The van der Waals surface area contributed by atoms with Crippen LogP contribution in [0.5, 0.6) is 0 Å². The van der Waals surface area contributed by atoms with Gasteiger partial charge in [0.25, 0.3) is 0 Å². The number of anilines is 2. The molecule has 2 aromatic rings. The summed E-state index contributed by atoms with van der Waals surface area (Å²) < 4.78 is 32.7. The summed E-state index contributed by atoms with van der Waals surface area (Å²) in [6, 6.07) is 12.2. The van der Waals surface area contributed by atoms with Crippen LogP contribution in [0.1, 0.15) is 5.56 Å². The number of benzene rings is 2. The minimum atomic E-state index is -3.62. The molecular weight excluding hydrogens is 383 g/mol. The first-order chi connectivity index (χ1) is 11.9. The van der Waals surface area contributed by atoms with Crippen molar-refractivity contribution in [3.63, 3.8) is 0 Å². The molecule has 5 nitrogen and oxygen atoms in total. The maximum Gasteiger partial charge on any atom is 0.237 e. The smallest absolute Gasteiger partial charge is 0.237 e. The first-order valence-electron chi connectivity index (χ1n) is 7.81. The number of ether oxygens (including phenoxy) is 1. The SMILES string of the molecule is O=S(=O)(Cc1c(Cl)cccc1Cl)Nc1ccc(N2CCOCC2)cc1. The number of nitrogens with zero attached hydrogens (tertiary/aromatic N) is 1. The fourth-order valence-corrected chi connectivity index (χ4v) is 4.59. The largest absolute Gasteiger partial charge is 0.378 e. The van der Waals surface area contributed by atoms with Gasteiger partial charge in [-0.05, 0) is 36.4 Å². The molecule has 1 saturated heterocycles. The van der Waals surface area contributed by atoms with Crippen LogP contribution >= 0.6 is 23.2 Å². The van der Waals surface area contributed by atoms with Gasteiger partial charge in [0, 0.05) is 40.1 Å². The first-order valence-corrected chi connectivity index (χ1v) is 10.2. The van der Waals surface area contributed by atoms with E-state index in [0.29, 0.717) is 34.5 Å². The molecule has 134 valence electrons. The molecule has 0 amide bonds. The summed E-state index contributed by atoms with van der Waals surface area (Å²) in [5.74, 6) is -0.281. The van der Waals surface area contributed by atoms with Crippen molar-refractivity contribution in [2.45, 2.75) is 5.75 Å². The number of morpholine rings is 1. The van der Waals surface area contributed by atoms with Crippen LogP contribution in [0.15, 0.2) is 42.5 Å². The zero-order valence-corrected chi connectivity index (χ0v) is 15.7. The van der Waals surface area contributed by atoms with Crippen molar-refractivity contribution < 1.29 is 13.2 Å². The highest BCUT2D eigenvalue weighted by atomic mass is 35.5. The van der Waals surface area contributed by atoms with Gasteiger partial charge in [0.1, 0.15) is 0 Å². The van der Waals surface area contributed by atoms with E-state index in [2.05, 4.69) is 9.62 Å². The summed E-state index contributed by atoms with van der Waals surface area (Å²) in [6.07, 6.45) is 0. The normalized spacial score (nSPS) is 15.2. The van der Waals surface area contributed by atoms with Crippen LogP contribution < -0.4 is 9.62 Å². The second kappa shape index (κ2) is 7.83. The van der Waals surface area contributed by atoms with Gasteiger partial charge in [-0.15, -0.1) is 0 Å². The lowest BCUT2D eigenvalue weighted by molar-refractivity contribution is 0.122. The van der Waals surface area contributed by atoms with Gasteiger partial charge in [-0.3, -0.25) is 4.72 Å². The summed E-state index contributed by atoms with van der Waals surface area (Å²) in [7, 11) is -3.62. The van der Waals surface area contributed by atoms with Gasteiger partial charge in [-0.25, -0.2) is 8.42 Å². The Hall–Kier alpha value is -1.47. The molecule has 0 aromatic heterocycles. The van der Waals surface area contributed by atoms with Crippen molar-refractivity contribution in [3.8, 4) is 0 Å². The van der Waals surface area contributed by atoms with E-state index in [4.69, 9.17) is 27.9 Å². The Balaban J connectivity index is 1.70. The van der Waals surface area contributed by atoms with Crippen LogP contribution in [-0.2, 0) is 20.5 Å². The third-order valence-corrected chi connectivity index (χ3v) is 5.84. The zero-order chi connectivity index (χ0) is 17.9. The minimum absolute atomic E-state index is 0.281. The predicted octanol–water partition coefficient (Wildman–Crippen LogP) is 3.77. The number of sulfonamides is 1. The van der Waals surface area contributed by atoms with Gasteiger partial charge in [0.15, 0.2) is 0 Å². The summed E-state index contributed by atoms with van der Waals surface area (Å²) in [5, 5.41) is 0.668. The van der Waals surface area contributed by atoms with Crippen LogP contribution in [0.25, 0.3) is 0 Å². The van der Waals surface area contributed by atoms with E-state index in [1.807, 2.05) is 12.1 Å². The average molecular weight is 401 g/mol. The van der Waals surface area contributed by atoms with Gasteiger partial charge in [-0.2, -0.15) is 0 Å². The van der Waals surface area contributed by atoms with Gasteiger partial charge in [0.2, 0.25) is 10.0 Å². The molecule has 3 rings (SSSR count). The minimum Gasteiger partial charge on any atom is -0.378 e. The first kappa shape index (κ1) is 18.3. The van der Waals surface area contributed by atoms with Crippen LogP contribution in [-0.4, -0.2) is 34.7 Å². The van der Waals surface area contributed by atoms with Crippen LogP contribution in [0.4, 0.5) is 11.4 Å². The van der Waals surface area contributed by atoms with Crippen LogP contribution in [0.3, 0.4) is 0 Å². The number of hydrogen-bond donors (Lipinski definition) is 1. The van der Waals surface area contributed by atoms with Gasteiger partial charge in [-0.1, -0.05) is 29.3 Å². The van der Waals surface area contributed by atoms with E-state index in [-0.39, 0.29) is 5.75 Å². The molecule has 0 spiro atoms. The molecule has 2 aromatic carbocycles. The van der Waals surface area contributed by atoms with E-state index in [0.717, 1.165) is 18.8 Å². The topological polar surface area (TPSA) is 58.6 Å². The number of halogens is 2. The lowest BCUT2D eigenvalue weighted by atomic mass is 10.2. The van der Waals surface area contributed by atoms with E-state index in [1.54, 1.807) is 30.3 Å². The Kier molecular flexibility index (Phi) is 5.74. The molecule has 8 heteroatoms. The highest BCUT2D eigenvalue weighted by Crippen LogP contribution is 2.27. The van der Waals surface area contributed by atoms with Crippen LogP contribution in [0, 0.1) is 0 Å². The maximum atomic E-state index is 12.4. The van der Waals surface area contributed by atoms with E-state index < -0.39 is 10.0 Å². The molecule has 1 fully saturated rings. The molecule has 0 unspecified atom stereocenters. The van der Waals surface area contributed by atoms with Crippen molar-refractivity contribution in [2.24, 2.45) is 0 Å². The molecule has 1 aliphatic heterocycles. The molecule has 25 heavy (non-hydrogen) atoms. The maximum absolute atomic E-state index is 12.4. The molecular formula is C17H18Cl2N2O3S. The fourth-order valence-electron chi connectivity index (χ4n) is 2.64. The van der Waals surface area contributed by atoms with Gasteiger partial charge in [0.05, 0.1) is 19.0 Å². The highest BCUT2D eigenvalue weighted by Gasteiger charge is 2.17. The average Bonchev–Trinajstić information content (AvgIpc) is 2.59. The Bertz CT molecular complexity index is 815. The highest BCUT2D eigenvalue weighted by molar-refractivity contribution is 7.91. The van der Waals surface area contributed by atoms with Crippen molar-refractivity contribution in [3.05, 3.63) is 58.1 Å². The van der Waals surface area contributed by atoms with E-state index >= 15 is 0 Å². The summed E-state index contributed by atoms with van der Waals surface area (Å²) in [4.78, 5) is 2.20. The molecule has 1 heterocycles. The molecule has 0 radical (unpaired) electrons. The number of nitrogens with one attached hydrogen (secondary N) is 1. The monoisotopic (exact) mass is 400 g/mol. The summed E-state index contributed by atoms with van der Waals surface area (Å²) in [5.41, 5.74) is 1.93. The third-order valence-electron chi connectivity index (χ3n) is 3.91. The zero-order valence-electron chi connectivity index (χ0n) is 13.4. The fraction of sp³-hybridized carbons (Fsp3) is 0.294. The third kappa shape index (κ3) is 4.79. The predicted molar refractivity (Wildman–Crippen MR) is 102 cm³/mol. The Morgan fingerprint density at radius 1 is 1.00 bits per heavy atom. The lowest BCUT2D eigenvalue weighted by Gasteiger charge is -2.28. The Morgan fingerprint density at radius 2 is 1.60 bits per heavy atom. The second-order valence-corrected chi connectivity index (χ2v) is 8.24. The number of rotatable bonds is 5. The molecule has 0 bridgehead atoms. The molecule has 1 N–H and O–H groups in total. The second-order valence-electron chi connectivity index (χ2n) is 5.71. The molecule has 1 aliphatic rings. The summed E-state index contributed by atoms with van der Waals surface area (Å²) in [6.45, 7) is 3.06. The van der Waals surface area contributed by atoms with Crippen molar-refractivity contribution in [1.82, 2.24) is 0 Å². The van der Waals surface area contributed by atoms with Crippen molar-refractivity contribution in [1.29, 1.82) is 0 Å². The van der Waals surface area contributed by atoms with E-state index in [1.165, 1.54) is 0 Å². The molecule has 0 atom stereocenters. The van der Waals surface area contributed by atoms with Crippen LogP contribution in [0.2, 0.25) is 10.0 Å². The Labute approximate surface area is 157 Å². The molecule has 0 aliphatic carbocycles.